The minimum absolute atomic E-state index is 1.10. The van der Waals surface area contributed by atoms with Gasteiger partial charge in [-0.3, -0.25) is 0 Å². The number of rotatable bonds is 3. The molecule has 0 radical (unpaired) electrons. The molecule has 0 aromatic heterocycles. The summed E-state index contributed by atoms with van der Waals surface area (Å²) in [5.74, 6) is 0. The Kier molecular flexibility index (Phi) is 14.3. The molecule has 17 heavy (non-hydrogen) atoms. The zero-order valence-electron chi connectivity index (χ0n) is 11.5. The van der Waals surface area contributed by atoms with Crippen LogP contribution in [0.15, 0.2) is 43.0 Å². The Bertz CT molecular complexity index is 296. The third-order valence-corrected chi connectivity index (χ3v) is 2.73. The Morgan fingerprint density at radius 2 is 1.71 bits per heavy atom. The van der Waals surface area contributed by atoms with Crippen molar-refractivity contribution in [2.75, 3.05) is 14.1 Å². The average molecular weight is 299 g/mol. The van der Waals surface area contributed by atoms with Gasteiger partial charge in [0.15, 0.2) is 0 Å². The van der Waals surface area contributed by atoms with Crippen LogP contribution in [0.3, 0.4) is 0 Å². The first-order valence-corrected chi connectivity index (χ1v) is 6.60. The van der Waals surface area contributed by atoms with E-state index in [1.54, 1.807) is 6.08 Å². The molecule has 0 aliphatic carbocycles. The van der Waals surface area contributed by atoms with Crippen LogP contribution in [0.25, 0.3) is 0 Å². The molecule has 1 aromatic carbocycles. The number of nitrogens with zero attached hydrogens (tertiary/aromatic N) is 1. The molecule has 0 fully saturated rings. The van der Waals surface area contributed by atoms with E-state index in [0.717, 1.165) is 4.54 Å². The summed E-state index contributed by atoms with van der Waals surface area (Å²) in [6.07, 6.45) is 1.75. The van der Waals surface area contributed by atoms with Crippen LogP contribution in [0.2, 0.25) is 0 Å². The third kappa shape index (κ3) is 8.87. The molecule has 0 unspecified atom stereocenters. The molecule has 2 nitrogen and oxygen atoms in total. The van der Waals surface area contributed by atoms with Gasteiger partial charge in [-0.15, -0.1) is 6.58 Å². The van der Waals surface area contributed by atoms with Crippen molar-refractivity contribution in [2.45, 2.75) is 20.8 Å². The standard InChI is InChI=1S/C9H12N2Se.C3H6.C2H6/c1-10-11(2)9(12)8-6-4-3-5-7-8;1-3-2;1-2/h3-7,10H,1-2H3;3H,1H2,2H3;1-2H3. The summed E-state index contributed by atoms with van der Waals surface area (Å²) < 4.78 is 1.10. The second-order valence-electron chi connectivity index (χ2n) is 2.86. The first kappa shape index (κ1) is 18.5. The molecule has 0 heterocycles. The predicted octanol–water partition coefficient (Wildman–Crippen LogP) is 2.62. The van der Waals surface area contributed by atoms with Crippen LogP contribution in [0.1, 0.15) is 26.3 Å². The van der Waals surface area contributed by atoms with Crippen molar-refractivity contribution in [3.05, 3.63) is 48.6 Å². The summed E-state index contributed by atoms with van der Waals surface area (Å²) >= 11 is 3.02. The van der Waals surface area contributed by atoms with Gasteiger partial charge >= 0.3 is 80.5 Å². The fourth-order valence-corrected chi connectivity index (χ4v) is 1.35. The predicted molar refractivity (Wildman–Crippen MR) is 80.3 cm³/mol. The van der Waals surface area contributed by atoms with Gasteiger partial charge in [-0.2, -0.15) is 0 Å². The molecule has 1 N–H and O–H groups in total. The Hall–Kier alpha value is -0.891. The van der Waals surface area contributed by atoms with Gasteiger partial charge in [0, 0.05) is 0 Å². The SMILES string of the molecule is C=CC.CC.CNN(C)C(=[Se])c1ccccc1. The van der Waals surface area contributed by atoms with Gasteiger partial charge in [0.1, 0.15) is 0 Å². The number of allylic oxidation sites excluding steroid dienone is 1. The van der Waals surface area contributed by atoms with Crippen LogP contribution < -0.4 is 5.43 Å². The molecule has 1 aromatic rings. The van der Waals surface area contributed by atoms with E-state index in [-0.39, 0.29) is 0 Å². The van der Waals surface area contributed by atoms with Gasteiger partial charge in [0.05, 0.1) is 0 Å². The minimum atomic E-state index is 1.10. The summed E-state index contributed by atoms with van der Waals surface area (Å²) in [7, 11) is 3.86. The van der Waals surface area contributed by atoms with Crippen molar-refractivity contribution in [3.8, 4) is 0 Å². The fraction of sp³-hybridized carbons (Fsp3) is 0.357. The summed E-state index contributed by atoms with van der Waals surface area (Å²) in [6, 6.07) is 10.2. The Morgan fingerprint density at radius 3 is 2.06 bits per heavy atom. The molecule has 0 bridgehead atoms. The molecule has 0 amide bonds. The van der Waals surface area contributed by atoms with Crippen molar-refractivity contribution >= 4 is 20.1 Å². The molecule has 96 valence electrons. The van der Waals surface area contributed by atoms with Gasteiger partial charge in [-0.1, -0.05) is 19.9 Å². The van der Waals surface area contributed by atoms with E-state index in [9.17, 15) is 0 Å². The van der Waals surface area contributed by atoms with Crippen LogP contribution in [-0.2, 0) is 0 Å². The second kappa shape index (κ2) is 13.2. The van der Waals surface area contributed by atoms with Gasteiger partial charge in [0.25, 0.3) is 0 Å². The van der Waals surface area contributed by atoms with Crippen LogP contribution in [0, 0.1) is 0 Å². The molecular formula is C14H24N2Se. The summed E-state index contributed by atoms with van der Waals surface area (Å²) in [5.41, 5.74) is 4.22. The molecule has 1 rings (SSSR count). The summed E-state index contributed by atoms with van der Waals surface area (Å²) in [4.78, 5) is 0. The van der Waals surface area contributed by atoms with Crippen molar-refractivity contribution in [1.82, 2.24) is 10.4 Å². The number of hydrazine groups is 1. The third-order valence-electron chi connectivity index (χ3n) is 1.66. The first-order chi connectivity index (χ1) is 8.17. The zero-order chi connectivity index (χ0) is 13.7. The molecule has 0 atom stereocenters. The summed E-state index contributed by atoms with van der Waals surface area (Å²) in [6.45, 7) is 9.25. The van der Waals surface area contributed by atoms with E-state index in [0.29, 0.717) is 0 Å². The van der Waals surface area contributed by atoms with Crippen LogP contribution in [0.5, 0.6) is 0 Å². The Labute approximate surface area is 114 Å². The normalized spacial score (nSPS) is 7.82. The van der Waals surface area contributed by atoms with Crippen LogP contribution in [-0.4, -0.2) is 39.2 Å². The monoisotopic (exact) mass is 300 g/mol. The molecule has 0 aliphatic heterocycles. The zero-order valence-corrected chi connectivity index (χ0v) is 13.2. The van der Waals surface area contributed by atoms with Crippen LogP contribution in [0.4, 0.5) is 0 Å². The van der Waals surface area contributed by atoms with Crippen LogP contribution >= 0.6 is 0 Å². The first-order valence-electron chi connectivity index (χ1n) is 5.74. The second-order valence-corrected chi connectivity index (χ2v) is 3.67. The number of nitrogens with one attached hydrogen (secondary N) is 1. The maximum atomic E-state index is 3.36. The Balaban J connectivity index is 0. The van der Waals surface area contributed by atoms with Gasteiger partial charge in [-0.25, -0.2) is 0 Å². The van der Waals surface area contributed by atoms with Crippen molar-refractivity contribution in [3.63, 3.8) is 0 Å². The molecule has 0 saturated heterocycles. The summed E-state index contributed by atoms with van der Waals surface area (Å²) in [5, 5.41) is 1.94. The van der Waals surface area contributed by atoms with E-state index in [1.807, 2.05) is 58.1 Å². The van der Waals surface area contributed by atoms with E-state index in [2.05, 4.69) is 39.7 Å². The quantitative estimate of drug-likeness (QED) is 0.524. The number of benzene rings is 1. The molecule has 3 heteroatoms. The number of hydrogen-bond donors (Lipinski definition) is 1. The molecule has 0 aliphatic rings. The molecule has 0 saturated carbocycles. The van der Waals surface area contributed by atoms with E-state index in [1.165, 1.54) is 5.56 Å². The van der Waals surface area contributed by atoms with Crippen molar-refractivity contribution in [1.29, 1.82) is 0 Å². The Morgan fingerprint density at radius 1 is 1.29 bits per heavy atom. The van der Waals surface area contributed by atoms with Gasteiger partial charge in [0.2, 0.25) is 0 Å². The maximum absolute atomic E-state index is 3.36. The van der Waals surface area contributed by atoms with Gasteiger partial charge < -0.3 is 0 Å². The molecular weight excluding hydrogens is 275 g/mol. The van der Waals surface area contributed by atoms with E-state index >= 15 is 0 Å². The van der Waals surface area contributed by atoms with Crippen molar-refractivity contribution < 1.29 is 0 Å². The number of hydrogen-bond acceptors (Lipinski definition) is 2. The topological polar surface area (TPSA) is 15.3 Å². The van der Waals surface area contributed by atoms with E-state index in [4.69, 9.17) is 0 Å². The van der Waals surface area contributed by atoms with Crippen molar-refractivity contribution in [2.24, 2.45) is 0 Å². The molecule has 0 spiro atoms. The fourth-order valence-electron chi connectivity index (χ4n) is 0.876. The van der Waals surface area contributed by atoms with Gasteiger partial charge in [-0.05, 0) is 6.92 Å². The average Bonchev–Trinajstić information content (AvgIpc) is 2.41. The van der Waals surface area contributed by atoms with E-state index < -0.39 is 0 Å².